The molecule has 322 valence electrons. The lowest BCUT2D eigenvalue weighted by molar-refractivity contribution is -0.132. The van der Waals surface area contributed by atoms with Gasteiger partial charge in [-0.25, -0.2) is 4.79 Å². The van der Waals surface area contributed by atoms with Gasteiger partial charge in [0.1, 0.15) is 23.9 Å². The number of nitrogens with one attached hydrogen (secondary N) is 2. The Bertz CT molecular complexity index is 2800. The summed E-state index contributed by atoms with van der Waals surface area (Å²) in [5.74, 6) is 1.34. The highest BCUT2D eigenvalue weighted by Crippen LogP contribution is 2.64. The highest BCUT2D eigenvalue weighted by Gasteiger charge is 2.61. The molecule has 63 heavy (non-hydrogen) atoms. The van der Waals surface area contributed by atoms with Gasteiger partial charge in [0.25, 0.3) is 0 Å². The number of aryl methyl sites for hydroxylation is 1. The summed E-state index contributed by atoms with van der Waals surface area (Å²) in [4.78, 5) is 37.3. The van der Waals surface area contributed by atoms with Crippen molar-refractivity contribution in [3.63, 3.8) is 0 Å². The van der Waals surface area contributed by atoms with E-state index in [1.54, 1.807) is 24.9 Å². The predicted octanol–water partition coefficient (Wildman–Crippen LogP) is 6.49. The summed E-state index contributed by atoms with van der Waals surface area (Å²) < 4.78 is 31.6. The lowest BCUT2D eigenvalue weighted by Crippen LogP contribution is -2.69. The number of thioether (sulfide) groups is 1. The van der Waals surface area contributed by atoms with Crippen LogP contribution in [0.5, 0.6) is 28.7 Å². The fourth-order valence-corrected chi connectivity index (χ4v) is 13.2. The number of carbonyl (C=O) groups excluding carboxylic acids is 2. The third-order valence-corrected chi connectivity index (χ3v) is 15.7. The van der Waals surface area contributed by atoms with Crippen molar-refractivity contribution in [1.82, 2.24) is 20.1 Å². The Kier molecular flexibility index (Phi) is 9.63. The molecule has 1 unspecified atom stereocenters. The summed E-state index contributed by atoms with van der Waals surface area (Å²) >= 11 is 1.58. The van der Waals surface area contributed by atoms with Crippen molar-refractivity contribution in [2.24, 2.45) is 0 Å². The summed E-state index contributed by atoms with van der Waals surface area (Å²) in [5.41, 5.74) is 7.02. The van der Waals surface area contributed by atoms with Gasteiger partial charge in [0.05, 0.1) is 37.1 Å². The van der Waals surface area contributed by atoms with Crippen LogP contribution in [0.25, 0.3) is 17.0 Å². The number of fused-ring (bicyclic) bond motifs is 12. The molecule has 4 aromatic carbocycles. The van der Waals surface area contributed by atoms with E-state index in [2.05, 4.69) is 38.3 Å². The van der Waals surface area contributed by atoms with Gasteiger partial charge in [0.15, 0.2) is 28.8 Å². The number of Topliss-reactive ketones (excluding diaryl/α,β-unsaturated/α-hetero) is 1. The van der Waals surface area contributed by atoms with E-state index in [0.29, 0.717) is 52.7 Å². The molecule has 0 saturated carbocycles. The monoisotopic (exact) mass is 865 g/mol. The fourth-order valence-electron chi connectivity index (χ4n) is 11.5. The first-order valence-corrected chi connectivity index (χ1v) is 22.5. The third kappa shape index (κ3) is 5.90. The largest absolute Gasteiger partial charge is 0.504 e. The van der Waals surface area contributed by atoms with Crippen molar-refractivity contribution >= 4 is 40.5 Å². The molecule has 7 aliphatic heterocycles. The van der Waals surface area contributed by atoms with E-state index in [1.807, 2.05) is 69.4 Å². The zero-order valence-corrected chi connectivity index (χ0v) is 36.2. The average Bonchev–Trinajstić information content (AvgIpc) is 3.93. The highest BCUT2D eigenvalue weighted by atomic mass is 32.2. The zero-order valence-electron chi connectivity index (χ0n) is 35.4. The Morgan fingerprint density at radius 3 is 2.67 bits per heavy atom. The number of carbonyl (C=O) groups is 2. The van der Waals surface area contributed by atoms with Crippen LogP contribution >= 0.6 is 11.8 Å². The Morgan fingerprint density at radius 1 is 1.06 bits per heavy atom. The van der Waals surface area contributed by atoms with Gasteiger partial charge >= 0.3 is 5.97 Å². The molecule has 0 radical (unpaired) electrons. The van der Waals surface area contributed by atoms with Crippen LogP contribution in [-0.4, -0.2) is 96.2 Å². The lowest BCUT2D eigenvalue weighted by atomic mass is 9.71. The van der Waals surface area contributed by atoms with Crippen LogP contribution in [0, 0.1) is 25.2 Å². The standard InChI is InChI=1S/C49H47N5O8S/c1-25-18-28-19-32-33(20-50)54-34-21-59-22-35(55)49(48-30(16-17-51-49)29-12-8-9-13-31(29)52-48)23-63-47(41(54)40(53(32)3)37(28)42(57)43(25)58-4)39-38(34)46-45(60-24-61-46)26(2)44(39)62-36(56)15-14-27-10-6-5-7-11-27/h5-15,18,32-34,40-41,47,51-52,57H,16-17,19,21-24H2,1-4H3/b15-14+/t32-,33-,34-,40+,41?,47+,49-/m0/s1. The number of nitriles is 1. The molecule has 3 N–H and O–H groups in total. The molecular weight excluding hydrogens is 819 g/mol. The Balaban J connectivity index is 1.16. The number of aromatic nitrogens is 1. The number of aromatic hydroxyl groups is 1. The number of para-hydroxylation sites is 1. The normalized spacial score (nSPS) is 27.3. The summed E-state index contributed by atoms with van der Waals surface area (Å²) in [6.07, 6.45) is 4.39. The molecule has 1 aromatic heterocycles. The molecule has 2 fully saturated rings. The summed E-state index contributed by atoms with van der Waals surface area (Å²) in [6.45, 7) is 4.13. The Labute approximate surface area is 368 Å². The molecule has 12 rings (SSSR count). The minimum Gasteiger partial charge on any atom is -0.504 e. The van der Waals surface area contributed by atoms with Crippen LogP contribution in [0.1, 0.15) is 67.5 Å². The maximum atomic E-state index is 15.0. The molecule has 13 nitrogen and oxygen atoms in total. The van der Waals surface area contributed by atoms with Crippen molar-refractivity contribution in [1.29, 1.82) is 5.26 Å². The number of rotatable bonds is 4. The topological polar surface area (TPSA) is 159 Å². The Morgan fingerprint density at radius 2 is 1.86 bits per heavy atom. The van der Waals surface area contributed by atoms with Gasteiger partial charge in [0, 0.05) is 69.3 Å². The summed E-state index contributed by atoms with van der Waals surface area (Å²) in [5, 5.41) is 27.8. The number of phenols is 1. The first-order valence-electron chi connectivity index (χ1n) is 21.4. The number of likely N-dealkylation sites (N-methyl/N-ethyl adjacent to an activating group) is 1. The van der Waals surface area contributed by atoms with Gasteiger partial charge in [-0.3, -0.25) is 19.9 Å². The smallest absolute Gasteiger partial charge is 0.336 e. The number of nitrogens with zero attached hydrogens (tertiary/aromatic N) is 3. The number of phenolic OH excluding ortho intramolecular Hbond substituents is 1. The molecule has 2 saturated heterocycles. The number of hydrogen-bond donors (Lipinski definition) is 3. The molecule has 1 spiro atoms. The fraction of sp³-hybridized carbons (Fsp3) is 0.367. The SMILES string of the molecule is COc1c(C)cc2c(c1O)[C@@H]1C3[C@@H]4SC[C@]5(NCCc6c5[nH]c5ccccc65)C(=O)COC[C@@H](c5c6c(c(C)c(OC(=O)/C=C/c7ccccc7)c54)OCO6)N3[C@@H](C#N)[C@H](C2)N1C. The van der Waals surface area contributed by atoms with Crippen LogP contribution < -0.4 is 24.3 Å². The number of benzene rings is 4. The molecule has 4 bridgehead atoms. The van der Waals surface area contributed by atoms with E-state index >= 15 is 4.79 Å². The van der Waals surface area contributed by atoms with E-state index in [4.69, 9.17) is 23.7 Å². The maximum absolute atomic E-state index is 15.0. The second kappa shape index (κ2) is 15.2. The summed E-state index contributed by atoms with van der Waals surface area (Å²) in [7, 11) is 3.59. The first kappa shape index (κ1) is 40.0. The molecule has 0 amide bonds. The number of ether oxygens (including phenoxy) is 5. The van der Waals surface area contributed by atoms with Gasteiger partial charge in [-0.2, -0.15) is 5.26 Å². The predicted molar refractivity (Wildman–Crippen MR) is 236 cm³/mol. The first-order chi connectivity index (χ1) is 30.6. The molecule has 7 atom stereocenters. The number of hydrogen-bond acceptors (Lipinski definition) is 13. The number of H-pyrrole nitrogens is 1. The number of aromatic amines is 1. The number of esters is 1. The second-order valence-corrected chi connectivity index (χ2v) is 18.5. The minimum atomic E-state index is -1.18. The van der Waals surface area contributed by atoms with Crippen molar-refractivity contribution in [3.8, 4) is 34.8 Å². The molecule has 0 aliphatic carbocycles. The van der Waals surface area contributed by atoms with E-state index < -0.39 is 40.9 Å². The molecular formula is C49H47N5O8S. The number of piperazine rings is 1. The molecule has 14 heteroatoms. The van der Waals surface area contributed by atoms with E-state index in [-0.39, 0.29) is 43.3 Å². The van der Waals surface area contributed by atoms with Crippen LogP contribution in [0.15, 0.2) is 66.7 Å². The second-order valence-electron chi connectivity index (χ2n) is 17.3. The highest BCUT2D eigenvalue weighted by molar-refractivity contribution is 7.99. The van der Waals surface area contributed by atoms with Crippen LogP contribution in [0.3, 0.4) is 0 Å². The van der Waals surface area contributed by atoms with Gasteiger partial charge in [-0.05, 0) is 68.1 Å². The van der Waals surface area contributed by atoms with Crippen LogP contribution in [-0.2, 0) is 32.7 Å². The van der Waals surface area contributed by atoms with Crippen molar-refractivity contribution in [3.05, 3.63) is 117 Å². The molecule has 8 heterocycles. The zero-order chi connectivity index (χ0) is 43.3. The van der Waals surface area contributed by atoms with Crippen molar-refractivity contribution < 1.29 is 38.4 Å². The summed E-state index contributed by atoms with van der Waals surface area (Å²) in [6, 6.07) is 19.9. The number of methoxy groups -OCH3 is 1. The quantitative estimate of drug-likeness (QED) is 0.102. The van der Waals surface area contributed by atoms with Gasteiger partial charge in [-0.1, -0.05) is 54.6 Å². The maximum Gasteiger partial charge on any atom is 0.336 e. The van der Waals surface area contributed by atoms with Gasteiger partial charge in [-0.15, -0.1) is 11.8 Å². The minimum absolute atomic E-state index is 0.0137. The molecule has 5 aromatic rings. The van der Waals surface area contributed by atoms with Gasteiger partial charge < -0.3 is 33.8 Å². The van der Waals surface area contributed by atoms with Crippen LogP contribution in [0.2, 0.25) is 0 Å². The van der Waals surface area contributed by atoms with E-state index in [0.717, 1.165) is 50.8 Å². The van der Waals surface area contributed by atoms with Crippen molar-refractivity contribution in [2.75, 3.05) is 46.5 Å². The molecule has 7 aliphatic rings. The van der Waals surface area contributed by atoms with Crippen molar-refractivity contribution in [2.45, 2.75) is 67.7 Å². The lowest BCUT2D eigenvalue weighted by Gasteiger charge is -2.61. The van der Waals surface area contributed by atoms with E-state index in [9.17, 15) is 15.2 Å². The van der Waals surface area contributed by atoms with Gasteiger partial charge in [0.2, 0.25) is 6.79 Å². The number of ketones is 1. The van der Waals surface area contributed by atoms with E-state index in [1.165, 1.54) is 6.08 Å². The third-order valence-electron chi connectivity index (χ3n) is 14.2. The average molecular weight is 866 g/mol. The Hall–Kier alpha value is -5.82. The van der Waals surface area contributed by atoms with Crippen LogP contribution in [0.4, 0.5) is 0 Å².